The zero-order valence-electron chi connectivity index (χ0n) is 18.2. The number of aromatic nitrogens is 1. The second-order valence-corrected chi connectivity index (χ2v) is 12.4. The molecule has 0 spiro atoms. The molecule has 10 heteroatoms. The third-order valence-electron chi connectivity index (χ3n) is 8.40. The van der Waals surface area contributed by atoms with Crippen molar-refractivity contribution in [2.45, 2.75) is 42.4 Å². The summed E-state index contributed by atoms with van der Waals surface area (Å²) in [5.74, 6) is -0.186. The standard InChI is InChI=1S/C22H27N3O5S2/c1-22(2)15-10-9-11(16(15)31-18-17(22)32-21(29)23-18)14-13(10)19(27)25(20(14)28)4-3-12(26)24-5-7-30-8-6-24/h10-11,13-16H,3-9H2,1-2H3,(H,23,29)/t10-,11+,13-,14-,15-,16-/m0/s1. The lowest BCUT2D eigenvalue weighted by molar-refractivity contribution is -0.142. The van der Waals surface area contributed by atoms with Crippen LogP contribution in [-0.2, 0) is 24.5 Å². The Labute approximate surface area is 194 Å². The van der Waals surface area contributed by atoms with Gasteiger partial charge in [-0.05, 0) is 24.2 Å². The molecular weight excluding hydrogens is 450 g/mol. The molecule has 3 aliphatic heterocycles. The predicted octanol–water partition coefficient (Wildman–Crippen LogP) is 1.30. The molecular formula is C22H27N3O5S2. The highest BCUT2D eigenvalue weighted by Gasteiger charge is 2.70. The summed E-state index contributed by atoms with van der Waals surface area (Å²) in [4.78, 5) is 58.5. The van der Waals surface area contributed by atoms with Gasteiger partial charge in [-0.15, -0.1) is 11.8 Å². The smallest absolute Gasteiger partial charge is 0.305 e. The number of hydrogen-bond acceptors (Lipinski definition) is 7. The lowest BCUT2D eigenvalue weighted by Gasteiger charge is -2.47. The number of nitrogens with one attached hydrogen (secondary N) is 1. The topological polar surface area (TPSA) is 99.8 Å². The SMILES string of the molecule is CC1(C)c2sc(=O)[nH]c2S[C@H]2[C@@H]3C[C@@H]([C@@H]4C(=O)N(CCC(=O)N5CCOCC5)C(=O)[C@@H]34)[C@@H]21. The van der Waals surface area contributed by atoms with Crippen molar-refractivity contribution >= 4 is 40.8 Å². The maximum absolute atomic E-state index is 13.4. The number of H-pyrrole nitrogens is 1. The van der Waals surface area contributed by atoms with Gasteiger partial charge in [0.05, 0.1) is 30.1 Å². The van der Waals surface area contributed by atoms with E-state index in [1.165, 1.54) is 16.2 Å². The molecule has 3 amide bonds. The van der Waals surface area contributed by atoms with Crippen molar-refractivity contribution in [2.24, 2.45) is 29.6 Å². The van der Waals surface area contributed by atoms with Crippen LogP contribution >= 0.6 is 23.1 Å². The van der Waals surface area contributed by atoms with Crippen molar-refractivity contribution in [3.63, 3.8) is 0 Å². The molecule has 172 valence electrons. The van der Waals surface area contributed by atoms with Crippen molar-refractivity contribution < 1.29 is 19.1 Å². The molecule has 0 unspecified atom stereocenters. The number of nitrogens with zero attached hydrogens (tertiary/aromatic N) is 2. The Hall–Kier alpha value is -1.65. The second-order valence-electron chi connectivity index (χ2n) is 10.2. The largest absolute Gasteiger partial charge is 0.378 e. The quantitative estimate of drug-likeness (QED) is 0.659. The van der Waals surface area contributed by atoms with Crippen LogP contribution in [0.3, 0.4) is 0 Å². The minimum atomic E-state index is -0.276. The van der Waals surface area contributed by atoms with Crippen LogP contribution in [0.15, 0.2) is 9.82 Å². The average Bonchev–Trinajstić information content (AvgIpc) is 3.49. The maximum Gasteiger partial charge on any atom is 0.305 e. The molecule has 1 aromatic heterocycles. The minimum Gasteiger partial charge on any atom is -0.378 e. The molecule has 0 radical (unpaired) electrons. The first-order valence-electron chi connectivity index (χ1n) is 11.4. The molecule has 0 aromatic carbocycles. The van der Waals surface area contributed by atoms with E-state index in [-0.39, 0.29) is 75.8 Å². The van der Waals surface area contributed by atoms with Gasteiger partial charge in [-0.25, -0.2) is 0 Å². The molecule has 6 atom stereocenters. The van der Waals surface area contributed by atoms with Crippen LogP contribution in [0.4, 0.5) is 0 Å². The fourth-order valence-corrected chi connectivity index (χ4v) is 10.3. The van der Waals surface area contributed by atoms with Gasteiger partial charge < -0.3 is 14.6 Å². The number of fused-ring (bicyclic) bond motifs is 9. The Morgan fingerprint density at radius 2 is 1.81 bits per heavy atom. The van der Waals surface area contributed by atoms with E-state index in [4.69, 9.17) is 4.74 Å². The zero-order chi connectivity index (χ0) is 22.4. The van der Waals surface area contributed by atoms with Gasteiger partial charge in [0.25, 0.3) is 0 Å². The van der Waals surface area contributed by atoms with Crippen molar-refractivity contribution in [1.29, 1.82) is 0 Å². The van der Waals surface area contributed by atoms with Gasteiger partial charge in [0.2, 0.25) is 17.7 Å². The first-order chi connectivity index (χ1) is 15.3. The first-order valence-corrected chi connectivity index (χ1v) is 13.1. The van der Waals surface area contributed by atoms with Crippen LogP contribution in [0.2, 0.25) is 0 Å². The summed E-state index contributed by atoms with van der Waals surface area (Å²) in [6, 6.07) is 0. The van der Waals surface area contributed by atoms with E-state index in [2.05, 4.69) is 18.8 Å². The number of thioether (sulfide) groups is 1. The first kappa shape index (κ1) is 20.9. The number of thiazole rings is 1. The molecule has 1 N–H and O–H groups in total. The van der Waals surface area contributed by atoms with Crippen LogP contribution in [0.5, 0.6) is 0 Å². The molecule has 2 bridgehead atoms. The van der Waals surface area contributed by atoms with Crippen LogP contribution < -0.4 is 4.87 Å². The number of carbonyl (C=O) groups excluding carboxylic acids is 3. The number of hydrogen-bond donors (Lipinski definition) is 1. The summed E-state index contributed by atoms with van der Waals surface area (Å²) in [5, 5.41) is 1.18. The highest BCUT2D eigenvalue weighted by atomic mass is 32.2. The second kappa shape index (κ2) is 7.17. The van der Waals surface area contributed by atoms with Gasteiger partial charge in [0.1, 0.15) is 0 Å². The number of morpholine rings is 1. The van der Waals surface area contributed by atoms with Gasteiger partial charge >= 0.3 is 4.87 Å². The number of carbonyl (C=O) groups is 3. The molecule has 32 heavy (non-hydrogen) atoms. The van der Waals surface area contributed by atoms with Crippen LogP contribution in [0.1, 0.15) is 31.6 Å². The lowest BCUT2D eigenvalue weighted by atomic mass is 9.64. The third-order valence-corrected chi connectivity index (χ3v) is 11.2. The van der Waals surface area contributed by atoms with Gasteiger partial charge in [-0.3, -0.25) is 24.1 Å². The third kappa shape index (κ3) is 2.78. The molecule has 2 saturated carbocycles. The molecule has 2 saturated heterocycles. The molecule has 1 aromatic rings. The van der Waals surface area contributed by atoms with Gasteiger partial charge in [0.15, 0.2) is 0 Å². The molecule has 8 nitrogen and oxygen atoms in total. The van der Waals surface area contributed by atoms with Crippen LogP contribution in [0, 0.1) is 29.6 Å². The van der Waals surface area contributed by atoms with Gasteiger partial charge in [-0.1, -0.05) is 25.2 Å². The Bertz CT molecular complexity index is 1060. The molecule has 5 aliphatic rings. The Kier molecular flexibility index (Phi) is 4.69. The minimum absolute atomic E-state index is 0.0207. The van der Waals surface area contributed by atoms with E-state index in [9.17, 15) is 19.2 Å². The highest BCUT2D eigenvalue weighted by Crippen LogP contribution is 2.68. The van der Waals surface area contributed by atoms with Crippen LogP contribution in [-0.4, -0.2) is 70.6 Å². The summed E-state index contributed by atoms with van der Waals surface area (Å²) in [6.07, 6.45) is 1.08. The van der Waals surface area contributed by atoms with E-state index < -0.39 is 0 Å². The summed E-state index contributed by atoms with van der Waals surface area (Å²) < 4.78 is 5.30. The van der Waals surface area contributed by atoms with Crippen LogP contribution in [0.25, 0.3) is 0 Å². The predicted molar refractivity (Wildman–Crippen MR) is 118 cm³/mol. The summed E-state index contributed by atoms with van der Waals surface area (Å²) in [7, 11) is 0. The zero-order valence-corrected chi connectivity index (χ0v) is 19.8. The Morgan fingerprint density at radius 1 is 1.12 bits per heavy atom. The van der Waals surface area contributed by atoms with E-state index in [1.807, 2.05) is 0 Å². The van der Waals surface area contributed by atoms with Gasteiger partial charge in [0, 0.05) is 41.6 Å². The summed E-state index contributed by atoms with van der Waals surface area (Å²) >= 11 is 2.98. The van der Waals surface area contributed by atoms with Gasteiger partial charge in [-0.2, -0.15) is 0 Å². The van der Waals surface area contributed by atoms with E-state index in [0.717, 1.165) is 16.3 Å². The molecule has 2 aliphatic carbocycles. The summed E-state index contributed by atoms with van der Waals surface area (Å²) in [6.45, 7) is 6.75. The Morgan fingerprint density at radius 3 is 2.53 bits per heavy atom. The lowest BCUT2D eigenvalue weighted by Crippen LogP contribution is -2.48. The van der Waals surface area contributed by atoms with E-state index in [1.54, 1.807) is 16.7 Å². The molecule has 6 rings (SSSR count). The average molecular weight is 478 g/mol. The molecule has 4 fully saturated rings. The number of imide groups is 1. The van der Waals surface area contributed by atoms with E-state index >= 15 is 0 Å². The van der Waals surface area contributed by atoms with Crippen molar-refractivity contribution in [2.75, 3.05) is 32.8 Å². The van der Waals surface area contributed by atoms with Crippen molar-refractivity contribution in [3.8, 4) is 0 Å². The number of aromatic amines is 1. The van der Waals surface area contributed by atoms with Crippen molar-refractivity contribution in [3.05, 3.63) is 14.5 Å². The fraction of sp³-hybridized carbons (Fsp3) is 0.727. The number of rotatable bonds is 3. The number of amides is 3. The van der Waals surface area contributed by atoms with Crippen molar-refractivity contribution in [1.82, 2.24) is 14.8 Å². The van der Waals surface area contributed by atoms with E-state index in [0.29, 0.717) is 26.3 Å². The normalized spacial score (nSPS) is 36.9. The molecule has 4 heterocycles. The maximum atomic E-state index is 13.4. The highest BCUT2D eigenvalue weighted by molar-refractivity contribution is 8.00. The number of likely N-dealkylation sites (tertiary alicyclic amines) is 1. The number of ether oxygens (including phenoxy) is 1. The fourth-order valence-electron chi connectivity index (χ4n) is 7.11. The monoisotopic (exact) mass is 477 g/mol. The summed E-state index contributed by atoms with van der Waals surface area (Å²) in [5.41, 5.74) is -0.206. The Balaban J connectivity index is 1.23.